The van der Waals surface area contributed by atoms with Gasteiger partial charge in [0.2, 0.25) is 5.43 Å². The third kappa shape index (κ3) is 3.61. The normalized spacial score (nSPS) is 20.3. The molecule has 1 aromatic carbocycles. The van der Waals surface area contributed by atoms with Gasteiger partial charge in [0.05, 0.1) is 0 Å². The summed E-state index contributed by atoms with van der Waals surface area (Å²) in [5.41, 5.74) is -0.0493. The summed E-state index contributed by atoms with van der Waals surface area (Å²) in [5.74, 6) is -0.696. The topological polar surface area (TPSA) is 76.0 Å². The van der Waals surface area contributed by atoms with E-state index < -0.39 is 17.2 Å². The Morgan fingerprint density at radius 1 is 1.40 bits per heavy atom. The molecule has 2 atom stereocenters. The zero-order chi connectivity index (χ0) is 18.0. The van der Waals surface area contributed by atoms with Crippen LogP contribution in [0.4, 0.5) is 4.39 Å². The van der Waals surface area contributed by atoms with Crippen LogP contribution in [-0.4, -0.2) is 34.8 Å². The molecule has 132 valence electrons. The molecule has 2 aromatic rings. The van der Waals surface area contributed by atoms with Crippen molar-refractivity contribution in [1.29, 1.82) is 0 Å². The molecule has 25 heavy (non-hydrogen) atoms. The van der Waals surface area contributed by atoms with Crippen LogP contribution in [0.2, 0.25) is 0 Å². The van der Waals surface area contributed by atoms with Crippen molar-refractivity contribution in [1.82, 2.24) is 20.4 Å². The molecule has 0 radical (unpaired) electrons. The molecular formula is C18H21FN4O2. The van der Waals surface area contributed by atoms with E-state index >= 15 is 0 Å². The second-order valence-electron chi connectivity index (χ2n) is 6.41. The highest BCUT2D eigenvalue weighted by atomic mass is 19.1. The van der Waals surface area contributed by atoms with Crippen LogP contribution in [-0.2, 0) is 0 Å². The summed E-state index contributed by atoms with van der Waals surface area (Å²) in [5, 5.41) is 10.2. The summed E-state index contributed by atoms with van der Waals surface area (Å²) in [4.78, 5) is 24.8. The minimum absolute atomic E-state index is 0.0642. The highest BCUT2D eigenvalue weighted by molar-refractivity contribution is 5.92. The van der Waals surface area contributed by atoms with Gasteiger partial charge in [-0.25, -0.2) is 9.07 Å². The van der Waals surface area contributed by atoms with Crippen LogP contribution in [0.3, 0.4) is 0 Å². The average molecular weight is 344 g/mol. The second-order valence-corrected chi connectivity index (χ2v) is 6.41. The van der Waals surface area contributed by atoms with Gasteiger partial charge < -0.3 is 10.6 Å². The molecule has 3 rings (SSSR count). The zero-order valence-corrected chi connectivity index (χ0v) is 14.3. The van der Waals surface area contributed by atoms with Crippen LogP contribution < -0.4 is 16.1 Å². The van der Waals surface area contributed by atoms with E-state index in [9.17, 15) is 14.0 Å². The van der Waals surface area contributed by atoms with Gasteiger partial charge in [-0.1, -0.05) is 19.1 Å². The van der Waals surface area contributed by atoms with Crippen LogP contribution in [0, 0.1) is 18.7 Å². The number of piperidine rings is 1. The van der Waals surface area contributed by atoms with Crippen molar-refractivity contribution in [3.8, 4) is 5.69 Å². The number of amides is 1. The number of nitrogens with zero attached hydrogens (tertiary/aromatic N) is 2. The lowest BCUT2D eigenvalue weighted by atomic mass is 9.95. The number of carbonyl (C=O) groups is 1. The zero-order valence-electron chi connectivity index (χ0n) is 14.3. The van der Waals surface area contributed by atoms with Gasteiger partial charge in [0.25, 0.3) is 5.91 Å². The van der Waals surface area contributed by atoms with Gasteiger partial charge in [-0.05, 0) is 37.9 Å². The van der Waals surface area contributed by atoms with E-state index in [1.807, 2.05) is 0 Å². The van der Waals surface area contributed by atoms with E-state index in [4.69, 9.17) is 0 Å². The fraction of sp³-hybridized carbons (Fsp3) is 0.389. The number of aryl methyl sites for hydroxylation is 1. The summed E-state index contributed by atoms with van der Waals surface area (Å²) < 4.78 is 15.4. The lowest BCUT2D eigenvalue weighted by Gasteiger charge is -2.30. The molecule has 1 amide bonds. The molecule has 2 N–H and O–H groups in total. The van der Waals surface area contributed by atoms with Gasteiger partial charge in [0, 0.05) is 24.3 Å². The molecule has 6 nitrogen and oxygen atoms in total. The predicted molar refractivity (Wildman–Crippen MR) is 92.4 cm³/mol. The molecular weight excluding hydrogens is 323 g/mol. The summed E-state index contributed by atoms with van der Waals surface area (Å²) in [6.07, 6.45) is 0.950. The molecule has 1 saturated heterocycles. The van der Waals surface area contributed by atoms with Crippen molar-refractivity contribution in [2.45, 2.75) is 26.3 Å². The fourth-order valence-electron chi connectivity index (χ4n) is 2.99. The summed E-state index contributed by atoms with van der Waals surface area (Å²) in [6, 6.07) is 7.34. The maximum atomic E-state index is 14.1. The Morgan fingerprint density at radius 2 is 2.16 bits per heavy atom. The summed E-state index contributed by atoms with van der Waals surface area (Å²) in [7, 11) is 0. The minimum Gasteiger partial charge on any atom is -0.346 e. The molecule has 7 heteroatoms. The first-order valence-electron chi connectivity index (χ1n) is 8.35. The average Bonchev–Trinajstić information content (AvgIpc) is 2.58. The van der Waals surface area contributed by atoms with Gasteiger partial charge >= 0.3 is 0 Å². The monoisotopic (exact) mass is 344 g/mol. The molecule has 1 aliphatic heterocycles. The Bertz CT molecular complexity index is 849. The third-order valence-electron chi connectivity index (χ3n) is 4.55. The number of carbonyl (C=O) groups excluding carboxylic acids is 1. The molecule has 1 aromatic heterocycles. The van der Waals surface area contributed by atoms with Crippen molar-refractivity contribution in [2.75, 3.05) is 13.1 Å². The second kappa shape index (κ2) is 7.14. The minimum atomic E-state index is -0.532. The van der Waals surface area contributed by atoms with Gasteiger partial charge in [-0.15, -0.1) is 0 Å². The predicted octanol–water partition coefficient (Wildman–Crippen LogP) is 1.41. The SMILES string of the molecule is Cc1cc(=O)c(C(=O)NC2CNCCC2C)nn1-c1ccccc1F. The smallest absolute Gasteiger partial charge is 0.276 e. The first kappa shape index (κ1) is 17.3. The lowest BCUT2D eigenvalue weighted by molar-refractivity contribution is 0.0907. The van der Waals surface area contributed by atoms with E-state index in [-0.39, 0.29) is 17.4 Å². The molecule has 0 saturated carbocycles. The van der Waals surface area contributed by atoms with E-state index in [0.29, 0.717) is 18.2 Å². The van der Waals surface area contributed by atoms with E-state index in [1.165, 1.54) is 16.8 Å². The third-order valence-corrected chi connectivity index (χ3v) is 4.55. The van der Waals surface area contributed by atoms with Gasteiger partial charge in [0.1, 0.15) is 11.5 Å². The molecule has 1 aliphatic rings. The maximum absolute atomic E-state index is 14.1. The number of para-hydroxylation sites is 1. The first-order chi connectivity index (χ1) is 12.0. The molecule has 0 bridgehead atoms. The quantitative estimate of drug-likeness (QED) is 0.883. The number of hydrogen-bond donors (Lipinski definition) is 2. The highest BCUT2D eigenvalue weighted by Crippen LogP contribution is 2.14. The molecule has 2 unspecified atom stereocenters. The Balaban J connectivity index is 1.94. The van der Waals surface area contributed by atoms with E-state index in [2.05, 4.69) is 22.7 Å². The lowest BCUT2D eigenvalue weighted by Crippen LogP contribution is -2.51. The Kier molecular flexibility index (Phi) is 4.94. The summed E-state index contributed by atoms with van der Waals surface area (Å²) in [6.45, 7) is 5.28. The number of hydrogen-bond acceptors (Lipinski definition) is 4. The number of rotatable bonds is 3. The van der Waals surface area contributed by atoms with Crippen molar-refractivity contribution in [2.24, 2.45) is 5.92 Å². The van der Waals surface area contributed by atoms with Crippen LogP contribution in [0.5, 0.6) is 0 Å². The standard InChI is InChI=1S/C18H21FN4O2/c1-11-7-8-20-10-14(11)21-18(25)17-16(24)9-12(2)23(22-17)15-6-4-3-5-13(15)19/h3-6,9,11,14,20H,7-8,10H2,1-2H3,(H,21,25). The van der Waals surface area contributed by atoms with Crippen molar-refractivity contribution >= 4 is 5.91 Å². The van der Waals surface area contributed by atoms with Crippen LogP contribution >= 0.6 is 0 Å². The van der Waals surface area contributed by atoms with Crippen LogP contribution in [0.15, 0.2) is 35.1 Å². The highest BCUT2D eigenvalue weighted by Gasteiger charge is 2.25. The Morgan fingerprint density at radius 3 is 2.88 bits per heavy atom. The fourth-order valence-corrected chi connectivity index (χ4v) is 2.99. The van der Waals surface area contributed by atoms with Gasteiger partial charge in [-0.3, -0.25) is 9.59 Å². The molecule has 0 aliphatic carbocycles. The summed E-state index contributed by atoms with van der Waals surface area (Å²) >= 11 is 0. The van der Waals surface area contributed by atoms with E-state index in [1.54, 1.807) is 25.1 Å². The van der Waals surface area contributed by atoms with Crippen molar-refractivity contribution in [3.05, 3.63) is 57.8 Å². The van der Waals surface area contributed by atoms with Crippen LogP contribution in [0.1, 0.15) is 29.5 Å². The van der Waals surface area contributed by atoms with Crippen molar-refractivity contribution < 1.29 is 9.18 Å². The van der Waals surface area contributed by atoms with Crippen LogP contribution in [0.25, 0.3) is 5.69 Å². The number of benzene rings is 1. The van der Waals surface area contributed by atoms with Gasteiger partial charge in [-0.2, -0.15) is 5.10 Å². The molecule has 0 spiro atoms. The Hall–Kier alpha value is -2.54. The number of aromatic nitrogens is 2. The maximum Gasteiger partial charge on any atom is 0.276 e. The number of nitrogens with one attached hydrogen (secondary N) is 2. The largest absolute Gasteiger partial charge is 0.346 e. The molecule has 1 fully saturated rings. The van der Waals surface area contributed by atoms with E-state index in [0.717, 1.165) is 13.0 Å². The first-order valence-corrected chi connectivity index (χ1v) is 8.35. The number of halogens is 1. The Labute approximate surface area is 145 Å². The van der Waals surface area contributed by atoms with Gasteiger partial charge in [0.15, 0.2) is 5.69 Å². The van der Waals surface area contributed by atoms with Crippen molar-refractivity contribution in [3.63, 3.8) is 0 Å². The molecule has 2 heterocycles.